The van der Waals surface area contributed by atoms with Gasteiger partial charge < -0.3 is 18.9 Å². The van der Waals surface area contributed by atoms with Gasteiger partial charge >= 0.3 is 5.97 Å². The van der Waals surface area contributed by atoms with Crippen molar-refractivity contribution in [1.82, 2.24) is 4.57 Å². The summed E-state index contributed by atoms with van der Waals surface area (Å²) in [4.78, 5) is 32.7. The highest BCUT2D eigenvalue weighted by Gasteiger charge is 2.36. The molecule has 1 aliphatic rings. The molecule has 0 saturated heterocycles. The first-order valence-corrected chi connectivity index (χ1v) is 13.2. The van der Waals surface area contributed by atoms with Crippen LogP contribution in [0.25, 0.3) is 16.8 Å². The van der Waals surface area contributed by atoms with Crippen molar-refractivity contribution in [3.05, 3.63) is 96.7 Å². The molecular formula is C30H28N2O6S. The maximum atomic E-state index is 14.1. The molecule has 0 spiro atoms. The van der Waals surface area contributed by atoms with Gasteiger partial charge in [-0.1, -0.05) is 41.7 Å². The van der Waals surface area contributed by atoms with E-state index < -0.39 is 12.0 Å². The van der Waals surface area contributed by atoms with Gasteiger partial charge in [0.05, 0.1) is 43.7 Å². The van der Waals surface area contributed by atoms with Crippen LogP contribution in [0.1, 0.15) is 31.0 Å². The molecular weight excluding hydrogens is 516 g/mol. The number of benzene rings is 3. The molecule has 0 radical (unpaired) electrons. The molecule has 4 aromatic rings. The number of nitrogens with zero attached hydrogens (tertiary/aromatic N) is 2. The van der Waals surface area contributed by atoms with Crippen molar-refractivity contribution in [3.8, 4) is 17.2 Å². The molecule has 2 heterocycles. The van der Waals surface area contributed by atoms with Crippen LogP contribution in [0.15, 0.2) is 75.7 Å². The second-order valence-corrected chi connectivity index (χ2v) is 9.82. The van der Waals surface area contributed by atoms with Crippen LogP contribution in [0.3, 0.4) is 0 Å². The Morgan fingerprint density at radius 2 is 1.77 bits per heavy atom. The third-order valence-corrected chi connectivity index (χ3v) is 7.65. The Morgan fingerprint density at radius 3 is 2.49 bits per heavy atom. The van der Waals surface area contributed by atoms with E-state index >= 15 is 0 Å². The standard InChI is InChI=1S/C30H28N2O6S/c1-6-38-29(34)25-17(2)31-30-32(28(33)24(39-30)15-19-9-7-8-10-22(19)36-4)27(25)26-21-16-20(35-3)13-11-18(21)12-14-23(26)37-5/h7-16,27H,6H2,1-5H3. The molecule has 0 bridgehead atoms. The predicted molar refractivity (Wildman–Crippen MR) is 150 cm³/mol. The lowest BCUT2D eigenvalue weighted by atomic mass is 9.90. The maximum absolute atomic E-state index is 14.1. The van der Waals surface area contributed by atoms with Gasteiger partial charge in [-0.15, -0.1) is 0 Å². The Morgan fingerprint density at radius 1 is 1.03 bits per heavy atom. The average molecular weight is 545 g/mol. The van der Waals surface area contributed by atoms with Crippen LogP contribution in [0, 0.1) is 0 Å². The molecule has 1 atom stereocenters. The zero-order valence-corrected chi connectivity index (χ0v) is 23.1. The predicted octanol–water partition coefficient (Wildman–Crippen LogP) is 3.98. The van der Waals surface area contributed by atoms with E-state index in [2.05, 4.69) is 4.99 Å². The van der Waals surface area contributed by atoms with Gasteiger partial charge in [0, 0.05) is 11.1 Å². The Bertz CT molecular complexity index is 1800. The van der Waals surface area contributed by atoms with Crippen molar-refractivity contribution in [2.75, 3.05) is 27.9 Å². The molecule has 0 N–H and O–H groups in total. The molecule has 8 nitrogen and oxygen atoms in total. The van der Waals surface area contributed by atoms with Gasteiger partial charge in [-0.2, -0.15) is 0 Å². The monoisotopic (exact) mass is 544 g/mol. The number of allylic oxidation sites excluding steroid dienone is 1. The summed E-state index contributed by atoms with van der Waals surface area (Å²) >= 11 is 1.25. The number of fused-ring (bicyclic) bond motifs is 2. The Balaban J connectivity index is 1.87. The SMILES string of the molecule is CCOC(=O)C1=C(C)N=c2sc(=Cc3ccccc3OC)c(=O)n2C1c1c(OC)ccc2ccc(OC)cc12. The number of carbonyl (C=O) groups is 1. The third-order valence-electron chi connectivity index (χ3n) is 6.67. The lowest BCUT2D eigenvalue weighted by Gasteiger charge is -2.27. The normalized spacial score (nSPS) is 15.1. The highest BCUT2D eigenvalue weighted by atomic mass is 32.1. The zero-order chi connectivity index (χ0) is 27.7. The Hall–Kier alpha value is -4.37. The van der Waals surface area contributed by atoms with Crippen molar-refractivity contribution in [2.24, 2.45) is 4.99 Å². The van der Waals surface area contributed by atoms with Crippen LogP contribution < -0.4 is 29.1 Å². The number of carbonyl (C=O) groups excluding carboxylic acids is 1. The lowest BCUT2D eigenvalue weighted by Crippen LogP contribution is -2.40. The molecule has 1 aliphatic heterocycles. The largest absolute Gasteiger partial charge is 0.497 e. The van der Waals surface area contributed by atoms with E-state index in [4.69, 9.17) is 18.9 Å². The molecule has 39 heavy (non-hydrogen) atoms. The first kappa shape index (κ1) is 26.2. The number of para-hydroxylation sites is 1. The van der Waals surface area contributed by atoms with Gasteiger partial charge in [-0.05, 0) is 55.0 Å². The molecule has 0 fully saturated rings. The number of hydrogen-bond acceptors (Lipinski definition) is 8. The minimum atomic E-state index is -0.842. The van der Waals surface area contributed by atoms with E-state index in [0.717, 1.165) is 16.3 Å². The molecule has 200 valence electrons. The highest BCUT2D eigenvalue weighted by molar-refractivity contribution is 7.07. The smallest absolute Gasteiger partial charge is 0.338 e. The summed E-state index contributed by atoms with van der Waals surface area (Å²) in [6, 6.07) is 16.1. The number of methoxy groups -OCH3 is 3. The van der Waals surface area contributed by atoms with Crippen LogP contribution in [-0.4, -0.2) is 38.5 Å². The van der Waals surface area contributed by atoms with Gasteiger partial charge in [0.25, 0.3) is 5.56 Å². The molecule has 1 aromatic heterocycles. The molecule has 0 aliphatic carbocycles. The second-order valence-electron chi connectivity index (χ2n) is 8.81. The molecule has 0 amide bonds. The number of esters is 1. The topological polar surface area (TPSA) is 88.4 Å². The summed E-state index contributed by atoms with van der Waals surface area (Å²) in [5, 5.41) is 1.69. The molecule has 5 rings (SSSR count). The number of ether oxygens (including phenoxy) is 4. The fraction of sp³-hybridized carbons (Fsp3) is 0.233. The van der Waals surface area contributed by atoms with E-state index in [1.807, 2.05) is 54.6 Å². The summed E-state index contributed by atoms with van der Waals surface area (Å²) in [5.74, 6) is 1.27. The van der Waals surface area contributed by atoms with E-state index in [1.165, 1.54) is 11.3 Å². The van der Waals surface area contributed by atoms with Gasteiger partial charge in [-0.3, -0.25) is 9.36 Å². The highest BCUT2D eigenvalue weighted by Crippen LogP contribution is 2.41. The van der Waals surface area contributed by atoms with E-state index in [9.17, 15) is 9.59 Å². The summed E-state index contributed by atoms with van der Waals surface area (Å²) in [6.45, 7) is 3.68. The van der Waals surface area contributed by atoms with Crippen molar-refractivity contribution >= 4 is 34.2 Å². The minimum absolute atomic E-state index is 0.182. The number of hydrogen-bond donors (Lipinski definition) is 0. The maximum Gasteiger partial charge on any atom is 0.338 e. The van der Waals surface area contributed by atoms with Gasteiger partial charge in [0.15, 0.2) is 4.80 Å². The van der Waals surface area contributed by atoms with E-state index in [-0.39, 0.29) is 17.7 Å². The van der Waals surface area contributed by atoms with Crippen LogP contribution in [0.2, 0.25) is 0 Å². The quantitative estimate of drug-likeness (QED) is 0.327. The van der Waals surface area contributed by atoms with Gasteiger partial charge in [0.2, 0.25) is 0 Å². The molecule has 1 unspecified atom stereocenters. The summed E-state index contributed by atoms with van der Waals surface area (Å²) in [7, 11) is 4.75. The molecule has 3 aromatic carbocycles. The number of rotatable bonds is 7. The second kappa shape index (κ2) is 10.8. The van der Waals surface area contributed by atoms with Crippen molar-refractivity contribution in [1.29, 1.82) is 0 Å². The zero-order valence-electron chi connectivity index (χ0n) is 22.3. The Kier molecular flexibility index (Phi) is 7.26. The van der Waals surface area contributed by atoms with E-state index in [1.54, 1.807) is 45.8 Å². The number of aromatic nitrogens is 1. The van der Waals surface area contributed by atoms with Crippen LogP contribution in [0.5, 0.6) is 17.2 Å². The van der Waals surface area contributed by atoms with Crippen LogP contribution in [0.4, 0.5) is 0 Å². The summed E-state index contributed by atoms with van der Waals surface area (Å²) in [5.41, 5.74) is 1.88. The summed E-state index contributed by atoms with van der Waals surface area (Å²) < 4.78 is 24.3. The van der Waals surface area contributed by atoms with Gasteiger partial charge in [-0.25, -0.2) is 9.79 Å². The first-order chi connectivity index (χ1) is 18.9. The molecule has 0 saturated carbocycles. The number of thiazole rings is 1. The molecule has 9 heteroatoms. The van der Waals surface area contributed by atoms with E-state index in [0.29, 0.717) is 37.8 Å². The first-order valence-electron chi connectivity index (χ1n) is 12.4. The average Bonchev–Trinajstić information content (AvgIpc) is 3.25. The fourth-order valence-corrected chi connectivity index (χ4v) is 5.92. The van der Waals surface area contributed by atoms with Crippen LogP contribution >= 0.6 is 11.3 Å². The minimum Gasteiger partial charge on any atom is -0.497 e. The van der Waals surface area contributed by atoms with Crippen LogP contribution in [-0.2, 0) is 9.53 Å². The third kappa shape index (κ3) is 4.59. The van der Waals surface area contributed by atoms with Crippen molar-refractivity contribution < 1.29 is 23.7 Å². The summed E-state index contributed by atoms with van der Waals surface area (Å²) in [6.07, 6.45) is 1.78. The lowest BCUT2D eigenvalue weighted by molar-refractivity contribution is -0.139. The Labute approximate surface area is 229 Å². The van der Waals surface area contributed by atoms with Gasteiger partial charge in [0.1, 0.15) is 23.3 Å². The fourth-order valence-electron chi connectivity index (χ4n) is 4.88. The van der Waals surface area contributed by atoms with Crippen molar-refractivity contribution in [3.63, 3.8) is 0 Å². The van der Waals surface area contributed by atoms with Crippen molar-refractivity contribution in [2.45, 2.75) is 19.9 Å².